The molecule has 0 aliphatic heterocycles. The molecule has 1 aromatic heterocycles. The second-order valence-electron chi connectivity index (χ2n) is 5.08. The number of pyridine rings is 1. The largest absolute Gasteiger partial charge is 0.395 e. The third-order valence-electron chi connectivity index (χ3n) is 3.33. The molecule has 1 aliphatic carbocycles. The third-order valence-corrected chi connectivity index (χ3v) is 5.24. The zero-order chi connectivity index (χ0) is 15.3. The van der Waals surface area contributed by atoms with Crippen LogP contribution in [0, 0.1) is 17.8 Å². The summed E-state index contributed by atoms with van der Waals surface area (Å²) < 4.78 is 26.7. The second-order valence-corrected chi connectivity index (χ2v) is 7.02. The Labute approximate surface area is 126 Å². The normalized spacial score (nSPS) is 14.8. The van der Waals surface area contributed by atoms with E-state index in [4.69, 9.17) is 5.11 Å². The summed E-state index contributed by atoms with van der Waals surface area (Å²) in [6.07, 6.45) is 5.47. The molecule has 0 radical (unpaired) electrons. The molecule has 2 rings (SSSR count). The van der Waals surface area contributed by atoms with Crippen LogP contribution in [0.4, 0.5) is 0 Å². The van der Waals surface area contributed by atoms with Crippen LogP contribution >= 0.6 is 0 Å². The van der Waals surface area contributed by atoms with Crippen LogP contribution in [0.2, 0.25) is 0 Å². The van der Waals surface area contributed by atoms with Crippen molar-refractivity contribution in [2.45, 2.75) is 31.1 Å². The number of hydrogen-bond acceptors (Lipinski definition) is 4. The first-order valence-corrected chi connectivity index (χ1v) is 8.57. The molecule has 0 saturated heterocycles. The number of aliphatic hydroxyl groups excluding tert-OH is 1. The molecule has 0 bridgehead atoms. The molecule has 0 unspecified atom stereocenters. The van der Waals surface area contributed by atoms with Crippen molar-refractivity contribution in [2.24, 2.45) is 5.92 Å². The summed E-state index contributed by atoms with van der Waals surface area (Å²) >= 11 is 0. The minimum Gasteiger partial charge on any atom is -0.395 e. The molecule has 5 nitrogen and oxygen atoms in total. The van der Waals surface area contributed by atoms with Crippen LogP contribution in [0.3, 0.4) is 0 Å². The molecule has 21 heavy (non-hydrogen) atoms. The summed E-state index contributed by atoms with van der Waals surface area (Å²) in [4.78, 5) is 4.15. The van der Waals surface area contributed by atoms with E-state index in [0.29, 0.717) is 31.0 Å². The summed E-state index contributed by atoms with van der Waals surface area (Å²) in [6, 6.07) is 1.54. The molecule has 1 aliphatic rings. The van der Waals surface area contributed by atoms with E-state index in [2.05, 4.69) is 16.8 Å². The maximum atomic E-state index is 12.6. The first-order valence-electron chi connectivity index (χ1n) is 7.13. The number of aliphatic hydroxyl groups is 1. The molecular weight excluding hydrogens is 288 g/mol. The number of sulfonamides is 1. The van der Waals surface area contributed by atoms with Gasteiger partial charge in [0.25, 0.3) is 0 Å². The van der Waals surface area contributed by atoms with Gasteiger partial charge in [0, 0.05) is 37.5 Å². The first kappa shape index (κ1) is 16.0. The summed E-state index contributed by atoms with van der Waals surface area (Å²) in [5.41, 5.74) is 0.548. The summed E-state index contributed by atoms with van der Waals surface area (Å²) in [5.74, 6) is 6.08. The van der Waals surface area contributed by atoms with Crippen LogP contribution in [0.1, 0.15) is 31.7 Å². The highest BCUT2D eigenvalue weighted by atomic mass is 32.2. The van der Waals surface area contributed by atoms with Crippen LogP contribution in [-0.4, -0.2) is 42.5 Å². The summed E-state index contributed by atoms with van der Waals surface area (Å²) in [5, 5.41) is 8.70. The maximum Gasteiger partial charge on any atom is 0.244 e. The van der Waals surface area contributed by atoms with E-state index in [-0.39, 0.29) is 11.5 Å². The van der Waals surface area contributed by atoms with Gasteiger partial charge in [0.15, 0.2) is 0 Å². The number of aromatic nitrogens is 1. The van der Waals surface area contributed by atoms with Crippen molar-refractivity contribution >= 4 is 10.0 Å². The zero-order valence-corrected chi connectivity index (χ0v) is 12.9. The number of hydrogen-bond donors (Lipinski definition) is 1. The highest BCUT2D eigenvalue weighted by molar-refractivity contribution is 7.89. The topological polar surface area (TPSA) is 70.5 Å². The van der Waals surface area contributed by atoms with Crippen molar-refractivity contribution in [2.75, 3.05) is 19.7 Å². The van der Waals surface area contributed by atoms with Crippen molar-refractivity contribution in [3.63, 3.8) is 0 Å². The van der Waals surface area contributed by atoms with Crippen molar-refractivity contribution in [3.8, 4) is 11.8 Å². The Balaban J connectivity index is 2.22. The molecule has 1 N–H and O–H groups in total. The summed E-state index contributed by atoms with van der Waals surface area (Å²) in [6.45, 7) is 2.88. The molecule has 114 valence electrons. The first-order chi connectivity index (χ1) is 10.1. The Morgan fingerprint density at radius 3 is 2.81 bits per heavy atom. The van der Waals surface area contributed by atoms with Gasteiger partial charge < -0.3 is 5.11 Å². The monoisotopic (exact) mass is 308 g/mol. The lowest BCUT2D eigenvalue weighted by Crippen LogP contribution is -2.32. The highest BCUT2D eigenvalue weighted by Gasteiger charge is 2.30. The fourth-order valence-corrected chi connectivity index (χ4v) is 3.50. The Morgan fingerprint density at radius 2 is 2.19 bits per heavy atom. The van der Waals surface area contributed by atoms with Gasteiger partial charge in [-0.25, -0.2) is 8.42 Å². The van der Waals surface area contributed by atoms with E-state index in [0.717, 1.165) is 12.8 Å². The predicted molar refractivity (Wildman–Crippen MR) is 80.0 cm³/mol. The standard InChI is InChI=1S/C15H20N2O3S/c1-2-17(12-13-6-7-13)21(19,20)15-9-14(10-16-11-15)5-3-4-8-18/h9-11,13,18H,2,4,6-8,12H2,1H3. The van der Waals surface area contributed by atoms with Crippen LogP contribution in [0.5, 0.6) is 0 Å². The van der Waals surface area contributed by atoms with Crippen molar-refractivity contribution < 1.29 is 13.5 Å². The van der Waals surface area contributed by atoms with Gasteiger partial charge in [-0.1, -0.05) is 18.8 Å². The average Bonchev–Trinajstić information content (AvgIpc) is 3.29. The Morgan fingerprint density at radius 1 is 1.43 bits per heavy atom. The average molecular weight is 308 g/mol. The molecule has 1 aromatic rings. The molecule has 0 atom stereocenters. The van der Waals surface area contributed by atoms with E-state index in [1.54, 1.807) is 6.07 Å². The van der Waals surface area contributed by atoms with Gasteiger partial charge in [-0.3, -0.25) is 4.98 Å². The minimum absolute atomic E-state index is 0.0105. The SMILES string of the molecule is CCN(CC1CC1)S(=O)(=O)c1cncc(C#CCCO)c1. The zero-order valence-electron chi connectivity index (χ0n) is 12.1. The quantitative estimate of drug-likeness (QED) is 0.803. The van der Waals surface area contributed by atoms with Crippen LogP contribution in [0.25, 0.3) is 0 Å². The Bertz CT molecular complexity index is 642. The third kappa shape index (κ3) is 4.27. The van der Waals surface area contributed by atoms with Gasteiger partial charge in [-0.05, 0) is 24.8 Å². The molecule has 0 aromatic carbocycles. The number of rotatable bonds is 6. The molecule has 1 saturated carbocycles. The van der Waals surface area contributed by atoms with Gasteiger partial charge >= 0.3 is 0 Å². The molecule has 0 spiro atoms. The van der Waals surface area contributed by atoms with Crippen molar-refractivity contribution in [3.05, 3.63) is 24.0 Å². The van der Waals surface area contributed by atoms with Crippen molar-refractivity contribution in [1.82, 2.24) is 9.29 Å². The highest BCUT2D eigenvalue weighted by Crippen LogP contribution is 2.31. The van der Waals surface area contributed by atoms with E-state index >= 15 is 0 Å². The smallest absolute Gasteiger partial charge is 0.244 e. The lowest BCUT2D eigenvalue weighted by molar-refractivity contribution is 0.305. The van der Waals surface area contributed by atoms with E-state index < -0.39 is 10.0 Å². The minimum atomic E-state index is -3.51. The van der Waals surface area contributed by atoms with Crippen LogP contribution in [-0.2, 0) is 10.0 Å². The van der Waals surface area contributed by atoms with E-state index in [9.17, 15) is 8.42 Å². The predicted octanol–water partition coefficient (Wildman–Crippen LogP) is 1.24. The fraction of sp³-hybridized carbons (Fsp3) is 0.533. The lowest BCUT2D eigenvalue weighted by Gasteiger charge is -2.20. The van der Waals surface area contributed by atoms with Gasteiger partial charge in [0.2, 0.25) is 10.0 Å². The van der Waals surface area contributed by atoms with Crippen LogP contribution in [0.15, 0.2) is 23.4 Å². The molecule has 0 amide bonds. The summed E-state index contributed by atoms with van der Waals surface area (Å²) in [7, 11) is -3.51. The molecule has 1 fully saturated rings. The molecule has 1 heterocycles. The Kier molecular flexibility index (Phi) is 5.34. The van der Waals surface area contributed by atoms with Gasteiger partial charge in [0.05, 0.1) is 6.61 Å². The fourth-order valence-electron chi connectivity index (χ4n) is 1.98. The van der Waals surface area contributed by atoms with Crippen LogP contribution < -0.4 is 0 Å². The Hall–Kier alpha value is -1.42. The van der Waals surface area contributed by atoms with Crippen molar-refractivity contribution in [1.29, 1.82) is 0 Å². The van der Waals surface area contributed by atoms with Gasteiger partial charge in [0.1, 0.15) is 4.90 Å². The van der Waals surface area contributed by atoms with Gasteiger partial charge in [-0.15, -0.1) is 0 Å². The maximum absolute atomic E-state index is 12.6. The van der Waals surface area contributed by atoms with E-state index in [1.807, 2.05) is 6.92 Å². The molecule has 6 heteroatoms. The lowest BCUT2D eigenvalue weighted by atomic mass is 10.3. The second kappa shape index (κ2) is 7.03. The number of nitrogens with zero attached hydrogens (tertiary/aromatic N) is 2. The van der Waals surface area contributed by atoms with E-state index in [1.165, 1.54) is 16.7 Å². The molecular formula is C15H20N2O3S. The van der Waals surface area contributed by atoms with Gasteiger partial charge in [-0.2, -0.15) is 4.31 Å².